The summed E-state index contributed by atoms with van der Waals surface area (Å²) in [6.07, 6.45) is -2.84. The standard InChI is InChI=1S/C7H8F2N2O2/c8-6(9)4-1-3(2-12)11-7(10)5(4)13/h1,6,12-13H,2H2,(H2,10,11). The average Bonchev–Trinajstić information content (AvgIpc) is 2.09. The van der Waals surface area contributed by atoms with Crippen molar-refractivity contribution in [3.63, 3.8) is 0 Å². The van der Waals surface area contributed by atoms with Crippen molar-refractivity contribution in [3.05, 3.63) is 17.3 Å². The molecule has 1 rings (SSSR count). The van der Waals surface area contributed by atoms with Gasteiger partial charge in [0.15, 0.2) is 11.6 Å². The van der Waals surface area contributed by atoms with E-state index in [0.29, 0.717) is 0 Å². The van der Waals surface area contributed by atoms with Crippen molar-refractivity contribution in [3.8, 4) is 5.75 Å². The Hall–Kier alpha value is -1.43. The maximum absolute atomic E-state index is 12.2. The first-order valence-electron chi connectivity index (χ1n) is 3.43. The van der Waals surface area contributed by atoms with Gasteiger partial charge in [0, 0.05) is 0 Å². The molecule has 0 saturated heterocycles. The van der Waals surface area contributed by atoms with Gasteiger partial charge >= 0.3 is 0 Å². The molecule has 0 amide bonds. The quantitative estimate of drug-likeness (QED) is 0.644. The molecule has 6 heteroatoms. The molecule has 0 spiro atoms. The van der Waals surface area contributed by atoms with E-state index in [1.165, 1.54) is 0 Å². The molecule has 4 N–H and O–H groups in total. The lowest BCUT2D eigenvalue weighted by atomic mass is 10.2. The van der Waals surface area contributed by atoms with Crippen LogP contribution < -0.4 is 5.73 Å². The third-order valence-corrected chi connectivity index (χ3v) is 1.50. The number of nitrogen functional groups attached to an aromatic ring is 1. The van der Waals surface area contributed by atoms with E-state index in [9.17, 15) is 8.78 Å². The molecule has 0 aliphatic rings. The van der Waals surface area contributed by atoms with Gasteiger partial charge in [-0.1, -0.05) is 0 Å². The van der Waals surface area contributed by atoms with Gasteiger partial charge in [0.05, 0.1) is 17.9 Å². The summed E-state index contributed by atoms with van der Waals surface area (Å²) in [7, 11) is 0. The Morgan fingerprint density at radius 2 is 2.15 bits per heavy atom. The molecule has 13 heavy (non-hydrogen) atoms. The molecular formula is C7H8F2N2O2. The topological polar surface area (TPSA) is 79.4 Å². The van der Waals surface area contributed by atoms with Crippen LogP contribution in [-0.2, 0) is 6.61 Å². The molecule has 4 nitrogen and oxygen atoms in total. The number of anilines is 1. The van der Waals surface area contributed by atoms with E-state index in [1.807, 2.05) is 0 Å². The van der Waals surface area contributed by atoms with Crippen LogP contribution in [0.1, 0.15) is 17.7 Å². The fourth-order valence-electron chi connectivity index (χ4n) is 0.883. The zero-order valence-electron chi connectivity index (χ0n) is 6.54. The third-order valence-electron chi connectivity index (χ3n) is 1.50. The Morgan fingerprint density at radius 3 is 2.62 bits per heavy atom. The first-order chi connectivity index (χ1) is 6.06. The average molecular weight is 190 g/mol. The van der Waals surface area contributed by atoms with Crippen molar-refractivity contribution >= 4 is 5.82 Å². The van der Waals surface area contributed by atoms with Gasteiger partial charge in [0.25, 0.3) is 6.43 Å². The molecule has 0 bridgehead atoms. The molecule has 0 unspecified atom stereocenters. The highest BCUT2D eigenvalue weighted by atomic mass is 19.3. The lowest BCUT2D eigenvalue weighted by molar-refractivity contribution is 0.147. The second kappa shape index (κ2) is 3.53. The Morgan fingerprint density at radius 1 is 1.54 bits per heavy atom. The predicted molar refractivity (Wildman–Crippen MR) is 41.2 cm³/mol. The van der Waals surface area contributed by atoms with Gasteiger partial charge in [0.2, 0.25) is 0 Å². The van der Waals surface area contributed by atoms with Crippen LogP contribution >= 0.6 is 0 Å². The van der Waals surface area contributed by atoms with E-state index in [2.05, 4.69) is 4.98 Å². The van der Waals surface area contributed by atoms with Gasteiger partial charge in [-0.15, -0.1) is 0 Å². The normalized spacial score (nSPS) is 10.8. The SMILES string of the molecule is Nc1nc(CO)cc(C(F)F)c1O. The number of pyridine rings is 1. The number of nitrogens with two attached hydrogens (primary N) is 1. The zero-order chi connectivity index (χ0) is 10.0. The molecule has 0 aromatic carbocycles. The lowest BCUT2D eigenvalue weighted by Gasteiger charge is -2.07. The fraction of sp³-hybridized carbons (Fsp3) is 0.286. The maximum Gasteiger partial charge on any atom is 0.267 e. The molecular weight excluding hydrogens is 182 g/mol. The number of hydrogen-bond acceptors (Lipinski definition) is 4. The van der Waals surface area contributed by atoms with Crippen molar-refractivity contribution in [2.75, 3.05) is 5.73 Å². The molecule has 0 radical (unpaired) electrons. The summed E-state index contributed by atoms with van der Waals surface area (Å²) in [5.74, 6) is -1.13. The number of hydrogen-bond donors (Lipinski definition) is 3. The van der Waals surface area contributed by atoms with Gasteiger partial charge in [-0.05, 0) is 6.07 Å². The second-order valence-corrected chi connectivity index (χ2v) is 2.40. The van der Waals surface area contributed by atoms with Crippen LogP contribution in [0.2, 0.25) is 0 Å². The first-order valence-corrected chi connectivity index (χ1v) is 3.43. The molecule has 1 aromatic rings. The van der Waals surface area contributed by atoms with E-state index in [1.54, 1.807) is 0 Å². The highest BCUT2D eigenvalue weighted by molar-refractivity contribution is 5.51. The summed E-state index contributed by atoms with van der Waals surface area (Å²) in [6.45, 7) is -0.496. The molecule has 1 heterocycles. The second-order valence-electron chi connectivity index (χ2n) is 2.40. The van der Waals surface area contributed by atoms with Crippen molar-refractivity contribution in [1.82, 2.24) is 4.98 Å². The largest absolute Gasteiger partial charge is 0.504 e. The minimum absolute atomic E-state index is 0.00519. The number of nitrogens with zero attached hydrogens (tertiary/aromatic N) is 1. The van der Waals surface area contributed by atoms with Gasteiger partial charge in [-0.25, -0.2) is 13.8 Å². The van der Waals surface area contributed by atoms with Crippen LogP contribution in [0.25, 0.3) is 0 Å². The van der Waals surface area contributed by atoms with Gasteiger partial charge in [0.1, 0.15) is 0 Å². The van der Waals surface area contributed by atoms with Crippen LogP contribution in [0.15, 0.2) is 6.07 Å². The Labute approximate surface area is 72.6 Å². The van der Waals surface area contributed by atoms with Crippen LogP contribution in [0.5, 0.6) is 5.75 Å². The van der Waals surface area contributed by atoms with Crippen LogP contribution in [0, 0.1) is 0 Å². The number of aliphatic hydroxyl groups excluding tert-OH is 1. The summed E-state index contributed by atoms with van der Waals surface area (Å²) < 4.78 is 24.4. The number of aliphatic hydroxyl groups is 1. The van der Waals surface area contributed by atoms with Crippen LogP contribution in [0.4, 0.5) is 14.6 Å². The molecule has 1 aromatic heterocycles. The van der Waals surface area contributed by atoms with E-state index in [4.69, 9.17) is 15.9 Å². The number of alkyl halides is 2. The molecule has 0 fully saturated rings. The van der Waals surface area contributed by atoms with Crippen molar-refractivity contribution in [2.45, 2.75) is 13.0 Å². The lowest BCUT2D eigenvalue weighted by Crippen LogP contribution is -2.00. The summed E-state index contributed by atoms with van der Waals surface area (Å²) in [4.78, 5) is 3.48. The summed E-state index contributed by atoms with van der Waals surface area (Å²) in [5.41, 5.74) is 4.52. The third kappa shape index (κ3) is 1.83. The summed E-state index contributed by atoms with van der Waals surface area (Å²) in [6, 6.07) is 0.913. The van der Waals surface area contributed by atoms with Crippen molar-refractivity contribution in [2.24, 2.45) is 0 Å². The number of rotatable bonds is 2. The van der Waals surface area contributed by atoms with Crippen molar-refractivity contribution in [1.29, 1.82) is 0 Å². The smallest absolute Gasteiger partial charge is 0.267 e. The van der Waals surface area contributed by atoms with Gasteiger partial charge in [-0.2, -0.15) is 0 Å². The highest BCUT2D eigenvalue weighted by Gasteiger charge is 2.16. The first kappa shape index (κ1) is 9.66. The fourth-order valence-corrected chi connectivity index (χ4v) is 0.883. The molecule has 0 atom stereocenters. The number of aromatic hydroxyl groups is 1. The molecule has 0 aliphatic heterocycles. The van der Waals surface area contributed by atoms with Crippen molar-refractivity contribution < 1.29 is 19.0 Å². The van der Waals surface area contributed by atoms with E-state index < -0.39 is 30.2 Å². The summed E-state index contributed by atoms with van der Waals surface area (Å²) >= 11 is 0. The zero-order valence-corrected chi connectivity index (χ0v) is 6.54. The minimum atomic E-state index is -2.84. The monoisotopic (exact) mass is 190 g/mol. The molecule has 0 saturated carbocycles. The van der Waals surface area contributed by atoms with E-state index in [-0.39, 0.29) is 5.69 Å². The van der Waals surface area contributed by atoms with Crippen LogP contribution in [-0.4, -0.2) is 15.2 Å². The Kier molecular flexibility index (Phi) is 2.62. The highest BCUT2D eigenvalue weighted by Crippen LogP contribution is 2.32. The Balaban J connectivity index is 3.25. The summed E-state index contributed by atoms with van der Waals surface area (Å²) in [5, 5.41) is 17.7. The molecule has 0 aliphatic carbocycles. The Bertz CT molecular complexity index is 318. The number of aromatic nitrogens is 1. The predicted octanol–water partition coefficient (Wildman–Crippen LogP) is 0.799. The van der Waals surface area contributed by atoms with Gasteiger partial charge in [-0.3, -0.25) is 0 Å². The minimum Gasteiger partial charge on any atom is -0.504 e. The van der Waals surface area contributed by atoms with E-state index >= 15 is 0 Å². The number of halogens is 2. The van der Waals surface area contributed by atoms with Crippen LogP contribution in [0.3, 0.4) is 0 Å². The van der Waals surface area contributed by atoms with Gasteiger partial charge < -0.3 is 15.9 Å². The maximum atomic E-state index is 12.2. The van der Waals surface area contributed by atoms with E-state index in [0.717, 1.165) is 6.07 Å². The molecule has 72 valence electrons.